The molecule has 1 atom stereocenters. The van der Waals surface area contributed by atoms with Crippen LogP contribution in [0.5, 0.6) is 5.75 Å². The molecule has 0 radical (unpaired) electrons. The standard InChI is InChI=1S/C18H21ClN4O4/c1-2-22(7-8-27-14-5-3-12(19)4-6-14)18(26)15-9-16-17(25)20-10-13(24)11-23(16)21-15/h3-6,9,13,24H,2,7-8,10-11H2,1H3,(H,20,25)/t13-/m1/s1. The summed E-state index contributed by atoms with van der Waals surface area (Å²) in [5.41, 5.74) is 0.436. The predicted molar refractivity (Wildman–Crippen MR) is 99.1 cm³/mol. The number of amides is 2. The van der Waals surface area contributed by atoms with E-state index in [0.29, 0.717) is 30.5 Å². The first-order valence-electron chi connectivity index (χ1n) is 8.69. The van der Waals surface area contributed by atoms with Crippen molar-refractivity contribution in [3.63, 3.8) is 0 Å². The summed E-state index contributed by atoms with van der Waals surface area (Å²) >= 11 is 5.84. The van der Waals surface area contributed by atoms with Gasteiger partial charge in [0, 0.05) is 24.2 Å². The number of aliphatic hydroxyl groups excluding tert-OH is 1. The Morgan fingerprint density at radius 3 is 2.89 bits per heavy atom. The molecule has 2 amide bonds. The smallest absolute Gasteiger partial charge is 0.274 e. The Morgan fingerprint density at radius 1 is 1.44 bits per heavy atom. The van der Waals surface area contributed by atoms with Crippen molar-refractivity contribution >= 4 is 23.4 Å². The third kappa shape index (κ3) is 4.58. The van der Waals surface area contributed by atoms with E-state index < -0.39 is 6.10 Å². The molecule has 144 valence electrons. The summed E-state index contributed by atoms with van der Waals surface area (Å²) in [5, 5.41) is 17.2. The van der Waals surface area contributed by atoms with E-state index in [0.717, 1.165) is 0 Å². The average Bonchev–Trinajstić information content (AvgIpc) is 3.02. The summed E-state index contributed by atoms with van der Waals surface area (Å²) in [5.74, 6) is 0.0227. The quantitative estimate of drug-likeness (QED) is 0.769. The Labute approximate surface area is 161 Å². The molecule has 0 saturated heterocycles. The van der Waals surface area contributed by atoms with Crippen LogP contribution in [0.1, 0.15) is 27.9 Å². The summed E-state index contributed by atoms with van der Waals surface area (Å²) in [6.45, 7) is 3.34. The molecule has 0 spiro atoms. The summed E-state index contributed by atoms with van der Waals surface area (Å²) < 4.78 is 7.01. The van der Waals surface area contributed by atoms with Crippen molar-refractivity contribution in [3.05, 3.63) is 46.7 Å². The Hall–Kier alpha value is -2.58. The number of β-amino-alcohol motifs (C(OH)–C–C–N with tert-alkyl or cyclic N) is 1. The lowest BCUT2D eigenvalue weighted by molar-refractivity contribution is 0.0731. The van der Waals surface area contributed by atoms with Crippen molar-refractivity contribution in [3.8, 4) is 5.75 Å². The first kappa shape index (κ1) is 19.2. The number of nitrogens with zero attached hydrogens (tertiary/aromatic N) is 3. The molecule has 1 aliphatic rings. The van der Waals surface area contributed by atoms with E-state index in [1.54, 1.807) is 29.2 Å². The van der Waals surface area contributed by atoms with Crippen LogP contribution in [-0.2, 0) is 6.54 Å². The lowest BCUT2D eigenvalue weighted by atomic mass is 10.3. The van der Waals surface area contributed by atoms with E-state index >= 15 is 0 Å². The van der Waals surface area contributed by atoms with E-state index in [9.17, 15) is 14.7 Å². The van der Waals surface area contributed by atoms with Gasteiger partial charge in [0.25, 0.3) is 11.8 Å². The van der Waals surface area contributed by atoms with Crippen molar-refractivity contribution in [1.29, 1.82) is 0 Å². The fourth-order valence-electron chi connectivity index (χ4n) is 2.78. The van der Waals surface area contributed by atoms with E-state index in [2.05, 4.69) is 10.4 Å². The normalized spacial score (nSPS) is 16.3. The van der Waals surface area contributed by atoms with Crippen LogP contribution in [0.25, 0.3) is 0 Å². The molecule has 0 fully saturated rings. The summed E-state index contributed by atoms with van der Waals surface area (Å²) in [7, 11) is 0. The minimum atomic E-state index is -0.742. The highest BCUT2D eigenvalue weighted by Gasteiger charge is 2.26. The van der Waals surface area contributed by atoms with Gasteiger partial charge in [-0.25, -0.2) is 0 Å². The van der Waals surface area contributed by atoms with E-state index in [-0.39, 0.29) is 36.3 Å². The number of aliphatic hydroxyl groups is 1. The van der Waals surface area contributed by atoms with Gasteiger partial charge in [-0.15, -0.1) is 0 Å². The van der Waals surface area contributed by atoms with Crippen LogP contribution in [0.3, 0.4) is 0 Å². The third-order valence-electron chi connectivity index (χ3n) is 4.23. The number of likely N-dealkylation sites (N-methyl/N-ethyl adjacent to an activating group) is 1. The number of carbonyl (C=O) groups is 2. The van der Waals surface area contributed by atoms with Gasteiger partial charge in [-0.1, -0.05) is 11.6 Å². The molecule has 2 N–H and O–H groups in total. The van der Waals surface area contributed by atoms with E-state index in [4.69, 9.17) is 16.3 Å². The number of rotatable bonds is 6. The van der Waals surface area contributed by atoms with Gasteiger partial charge in [0.15, 0.2) is 5.69 Å². The first-order valence-corrected chi connectivity index (χ1v) is 9.07. The number of ether oxygens (including phenoxy) is 1. The largest absolute Gasteiger partial charge is 0.492 e. The molecular formula is C18H21ClN4O4. The molecule has 0 saturated carbocycles. The Morgan fingerprint density at radius 2 is 2.19 bits per heavy atom. The van der Waals surface area contributed by atoms with E-state index in [1.807, 2.05) is 6.92 Å². The lowest BCUT2D eigenvalue weighted by Gasteiger charge is -2.20. The van der Waals surface area contributed by atoms with Crippen LogP contribution in [0.2, 0.25) is 5.02 Å². The van der Waals surface area contributed by atoms with Gasteiger partial charge in [-0.3, -0.25) is 14.3 Å². The van der Waals surface area contributed by atoms with Gasteiger partial charge < -0.3 is 20.1 Å². The second kappa shape index (κ2) is 8.41. The molecule has 0 bridgehead atoms. The SMILES string of the molecule is CCN(CCOc1ccc(Cl)cc1)C(=O)c1cc2n(n1)C[C@H](O)CNC2=O. The predicted octanol–water partition coefficient (Wildman–Crippen LogP) is 1.18. The van der Waals surface area contributed by atoms with E-state index in [1.165, 1.54) is 10.7 Å². The minimum absolute atomic E-state index is 0.160. The number of fused-ring (bicyclic) bond motifs is 1. The molecule has 9 heteroatoms. The second-order valence-electron chi connectivity index (χ2n) is 6.15. The van der Waals surface area contributed by atoms with Crippen LogP contribution in [-0.4, -0.2) is 63.9 Å². The number of halogens is 1. The maximum absolute atomic E-state index is 12.7. The minimum Gasteiger partial charge on any atom is -0.492 e. The van der Waals surface area contributed by atoms with Gasteiger partial charge >= 0.3 is 0 Å². The zero-order chi connectivity index (χ0) is 19.4. The summed E-state index contributed by atoms with van der Waals surface area (Å²) in [6.07, 6.45) is -0.742. The number of nitrogens with one attached hydrogen (secondary N) is 1. The molecule has 0 unspecified atom stereocenters. The maximum Gasteiger partial charge on any atom is 0.274 e. The van der Waals surface area contributed by atoms with Crippen LogP contribution in [0.4, 0.5) is 0 Å². The Balaban J connectivity index is 1.64. The molecule has 1 aliphatic heterocycles. The van der Waals surface area contributed by atoms with Gasteiger partial charge in [0.1, 0.15) is 18.1 Å². The van der Waals surface area contributed by atoms with Crippen molar-refractivity contribution in [2.24, 2.45) is 0 Å². The second-order valence-corrected chi connectivity index (χ2v) is 6.58. The Bertz CT molecular complexity index is 821. The molecule has 3 rings (SSSR count). The molecule has 2 heterocycles. The molecule has 27 heavy (non-hydrogen) atoms. The molecular weight excluding hydrogens is 372 g/mol. The average molecular weight is 393 g/mol. The topological polar surface area (TPSA) is 96.7 Å². The fourth-order valence-corrected chi connectivity index (χ4v) is 2.90. The van der Waals surface area contributed by atoms with Gasteiger partial charge in [-0.2, -0.15) is 5.10 Å². The molecule has 1 aromatic heterocycles. The van der Waals surface area contributed by atoms with Gasteiger partial charge in [-0.05, 0) is 31.2 Å². The highest BCUT2D eigenvalue weighted by atomic mass is 35.5. The number of aromatic nitrogens is 2. The number of hydrogen-bond acceptors (Lipinski definition) is 5. The number of carbonyl (C=O) groups excluding carboxylic acids is 2. The zero-order valence-corrected chi connectivity index (χ0v) is 15.6. The van der Waals surface area contributed by atoms with Crippen LogP contribution in [0, 0.1) is 0 Å². The highest BCUT2D eigenvalue weighted by Crippen LogP contribution is 2.16. The molecule has 1 aromatic carbocycles. The maximum atomic E-state index is 12.7. The van der Waals surface area contributed by atoms with Gasteiger partial charge in [0.2, 0.25) is 0 Å². The lowest BCUT2D eigenvalue weighted by Crippen LogP contribution is -2.35. The zero-order valence-electron chi connectivity index (χ0n) is 14.9. The molecule has 0 aliphatic carbocycles. The number of benzene rings is 1. The first-order chi connectivity index (χ1) is 13.0. The highest BCUT2D eigenvalue weighted by molar-refractivity contribution is 6.30. The van der Waals surface area contributed by atoms with Crippen LogP contribution in [0.15, 0.2) is 30.3 Å². The summed E-state index contributed by atoms with van der Waals surface area (Å²) in [4.78, 5) is 26.4. The molecule has 2 aromatic rings. The fraction of sp³-hybridized carbons (Fsp3) is 0.389. The number of hydrogen-bond donors (Lipinski definition) is 2. The van der Waals surface area contributed by atoms with Crippen LogP contribution < -0.4 is 10.1 Å². The Kier molecular flexibility index (Phi) is 5.98. The summed E-state index contributed by atoms with van der Waals surface area (Å²) in [6, 6.07) is 8.45. The third-order valence-corrected chi connectivity index (χ3v) is 4.48. The van der Waals surface area contributed by atoms with Crippen LogP contribution >= 0.6 is 11.6 Å². The van der Waals surface area contributed by atoms with Crippen molar-refractivity contribution in [2.45, 2.75) is 19.6 Å². The van der Waals surface area contributed by atoms with Crippen molar-refractivity contribution in [2.75, 3.05) is 26.2 Å². The van der Waals surface area contributed by atoms with Gasteiger partial charge in [0.05, 0.1) is 19.2 Å². The van der Waals surface area contributed by atoms with Crippen molar-refractivity contribution in [1.82, 2.24) is 20.0 Å². The van der Waals surface area contributed by atoms with Crippen molar-refractivity contribution < 1.29 is 19.4 Å². The monoisotopic (exact) mass is 392 g/mol. The molecule has 8 nitrogen and oxygen atoms in total.